The molecule has 0 aromatic carbocycles. The van der Waals surface area contributed by atoms with Gasteiger partial charge in [0.25, 0.3) is 0 Å². The first-order chi connectivity index (χ1) is 11.3. The van der Waals surface area contributed by atoms with Crippen LogP contribution in [-0.4, -0.2) is 36.1 Å². The van der Waals surface area contributed by atoms with Gasteiger partial charge in [0, 0.05) is 13.1 Å². The number of hydrogen-bond acceptors (Lipinski definition) is 6. The van der Waals surface area contributed by atoms with Crippen LogP contribution in [0.2, 0.25) is 0 Å². The molecule has 1 aliphatic heterocycles. The molecular formula is C18H25N3O2S. The summed E-state index contributed by atoms with van der Waals surface area (Å²) in [6.07, 6.45) is 1.80. The molecular weight excluding hydrogens is 322 g/mol. The number of ether oxygens (including phenoxy) is 1. The molecule has 0 bridgehead atoms. The van der Waals surface area contributed by atoms with Gasteiger partial charge < -0.3 is 9.64 Å². The molecule has 1 atom stereocenters. The van der Waals surface area contributed by atoms with Crippen molar-refractivity contribution in [2.45, 2.75) is 40.5 Å². The van der Waals surface area contributed by atoms with Crippen LogP contribution in [0.3, 0.4) is 0 Å². The van der Waals surface area contributed by atoms with E-state index in [0.29, 0.717) is 12.5 Å². The predicted molar refractivity (Wildman–Crippen MR) is 97.6 cm³/mol. The fourth-order valence-electron chi connectivity index (χ4n) is 3.46. The summed E-state index contributed by atoms with van der Waals surface area (Å²) in [6.45, 7) is 9.81. The van der Waals surface area contributed by atoms with E-state index in [9.17, 15) is 4.79 Å². The first-order valence-electron chi connectivity index (χ1n) is 8.42. The molecule has 24 heavy (non-hydrogen) atoms. The van der Waals surface area contributed by atoms with E-state index in [1.807, 2.05) is 13.8 Å². The topological polar surface area (TPSA) is 55.3 Å². The molecule has 2 aromatic rings. The fourth-order valence-corrected chi connectivity index (χ4v) is 4.45. The van der Waals surface area contributed by atoms with Gasteiger partial charge in [-0.2, -0.15) is 0 Å². The second-order valence-corrected chi connectivity index (χ2v) is 8.22. The number of thiophene rings is 1. The highest BCUT2D eigenvalue weighted by molar-refractivity contribution is 7.17. The largest absolute Gasteiger partial charge is 0.469 e. The highest BCUT2D eigenvalue weighted by Gasteiger charge is 2.42. The van der Waals surface area contributed by atoms with Gasteiger partial charge in [-0.05, 0) is 43.6 Å². The second kappa shape index (κ2) is 6.31. The van der Waals surface area contributed by atoms with Gasteiger partial charge in [0.15, 0.2) is 0 Å². The van der Waals surface area contributed by atoms with Gasteiger partial charge in [-0.1, -0.05) is 13.8 Å². The van der Waals surface area contributed by atoms with E-state index in [0.717, 1.165) is 41.2 Å². The van der Waals surface area contributed by atoms with Crippen LogP contribution < -0.4 is 4.90 Å². The molecule has 1 fully saturated rings. The summed E-state index contributed by atoms with van der Waals surface area (Å²) in [5.41, 5.74) is 0.848. The number of fused-ring (bicyclic) bond motifs is 1. The molecule has 3 heterocycles. The molecule has 6 heteroatoms. The van der Waals surface area contributed by atoms with Crippen molar-refractivity contribution < 1.29 is 9.53 Å². The van der Waals surface area contributed by atoms with Crippen molar-refractivity contribution in [1.82, 2.24) is 9.97 Å². The first-order valence-corrected chi connectivity index (χ1v) is 9.30. The van der Waals surface area contributed by atoms with E-state index >= 15 is 0 Å². The zero-order valence-electron chi connectivity index (χ0n) is 15.0. The van der Waals surface area contributed by atoms with Gasteiger partial charge in [0.05, 0.1) is 17.9 Å². The number of carbonyl (C=O) groups is 1. The van der Waals surface area contributed by atoms with Crippen molar-refractivity contribution >= 4 is 33.3 Å². The number of rotatable bonds is 4. The summed E-state index contributed by atoms with van der Waals surface area (Å²) in [5.74, 6) is 2.19. The highest BCUT2D eigenvalue weighted by Crippen LogP contribution is 2.39. The van der Waals surface area contributed by atoms with Gasteiger partial charge in [0.2, 0.25) is 0 Å². The second-order valence-electron chi connectivity index (χ2n) is 7.36. The third kappa shape index (κ3) is 2.99. The number of esters is 1. The number of hydrogen-bond donors (Lipinski definition) is 0. The zero-order chi connectivity index (χ0) is 17.5. The Balaban J connectivity index is 2.03. The van der Waals surface area contributed by atoms with E-state index in [2.05, 4.69) is 29.1 Å². The number of methoxy groups -OCH3 is 1. The number of aryl methyl sites for hydroxylation is 1. The highest BCUT2D eigenvalue weighted by atomic mass is 32.1. The molecule has 0 radical (unpaired) electrons. The summed E-state index contributed by atoms with van der Waals surface area (Å²) in [6, 6.07) is 0. The molecule has 130 valence electrons. The molecule has 0 saturated carbocycles. The first kappa shape index (κ1) is 17.1. The lowest BCUT2D eigenvalue weighted by Crippen LogP contribution is -2.33. The third-order valence-corrected chi connectivity index (χ3v) is 5.60. The van der Waals surface area contributed by atoms with Gasteiger partial charge in [0.1, 0.15) is 16.5 Å². The van der Waals surface area contributed by atoms with E-state index in [1.54, 1.807) is 11.3 Å². The van der Waals surface area contributed by atoms with Gasteiger partial charge in [-0.3, -0.25) is 4.79 Å². The monoisotopic (exact) mass is 347 g/mol. The Morgan fingerprint density at radius 1 is 1.46 bits per heavy atom. The molecule has 1 aliphatic rings. The average molecular weight is 347 g/mol. The lowest BCUT2D eigenvalue weighted by Gasteiger charge is -2.23. The van der Waals surface area contributed by atoms with Crippen molar-refractivity contribution in [1.29, 1.82) is 0 Å². The number of aromatic nitrogens is 2. The predicted octanol–water partition coefficient (Wildman–Crippen LogP) is 3.59. The van der Waals surface area contributed by atoms with Crippen LogP contribution in [0.4, 0.5) is 5.82 Å². The van der Waals surface area contributed by atoms with E-state index < -0.39 is 5.41 Å². The minimum absolute atomic E-state index is 0.139. The maximum atomic E-state index is 12.1. The molecule has 0 spiro atoms. The van der Waals surface area contributed by atoms with Crippen LogP contribution in [0.15, 0.2) is 5.38 Å². The van der Waals surface area contributed by atoms with Crippen LogP contribution in [0.5, 0.6) is 0 Å². The smallest absolute Gasteiger partial charge is 0.313 e. The average Bonchev–Trinajstić information content (AvgIpc) is 3.10. The lowest BCUT2D eigenvalue weighted by atomic mass is 9.90. The lowest BCUT2D eigenvalue weighted by molar-refractivity contribution is -0.150. The van der Waals surface area contributed by atoms with Crippen molar-refractivity contribution in [3.05, 3.63) is 16.8 Å². The number of nitrogens with zero attached hydrogens (tertiary/aromatic N) is 3. The van der Waals surface area contributed by atoms with Crippen LogP contribution in [0.25, 0.3) is 10.2 Å². The van der Waals surface area contributed by atoms with Gasteiger partial charge in [-0.15, -0.1) is 11.3 Å². The SMILES string of the molecule is COC(=O)C1(C)CCN(c2nc(C)nc3scc(CC(C)C)c23)C1. The fraction of sp³-hybridized carbons (Fsp3) is 0.611. The summed E-state index contributed by atoms with van der Waals surface area (Å²) in [7, 11) is 1.46. The standard InChI is InChI=1S/C18H25N3O2S/c1-11(2)8-13-9-24-16-14(13)15(19-12(3)20-16)21-7-6-18(4,10-21)17(22)23-5/h9,11H,6-8,10H2,1-5H3. The van der Waals surface area contributed by atoms with Crippen molar-refractivity contribution in [2.75, 3.05) is 25.1 Å². The number of anilines is 1. The van der Waals surface area contributed by atoms with Crippen molar-refractivity contribution in [2.24, 2.45) is 11.3 Å². The van der Waals surface area contributed by atoms with E-state index in [1.165, 1.54) is 12.7 Å². The molecule has 3 rings (SSSR count). The molecule has 1 saturated heterocycles. The Hall–Kier alpha value is -1.69. The molecule has 0 amide bonds. The minimum atomic E-state index is -0.464. The molecule has 1 unspecified atom stereocenters. The molecule has 2 aromatic heterocycles. The quantitative estimate of drug-likeness (QED) is 0.791. The minimum Gasteiger partial charge on any atom is -0.469 e. The summed E-state index contributed by atoms with van der Waals surface area (Å²) in [4.78, 5) is 24.8. The summed E-state index contributed by atoms with van der Waals surface area (Å²) in [5, 5.41) is 3.37. The Morgan fingerprint density at radius 3 is 2.88 bits per heavy atom. The van der Waals surface area contributed by atoms with Gasteiger partial charge in [-0.25, -0.2) is 9.97 Å². The summed E-state index contributed by atoms with van der Waals surface area (Å²) < 4.78 is 5.00. The van der Waals surface area contributed by atoms with Crippen LogP contribution in [0.1, 0.15) is 38.6 Å². The van der Waals surface area contributed by atoms with Crippen LogP contribution in [-0.2, 0) is 16.0 Å². The van der Waals surface area contributed by atoms with Crippen LogP contribution in [0, 0.1) is 18.3 Å². The van der Waals surface area contributed by atoms with Crippen molar-refractivity contribution in [3.63, 3.8) is 0 Å². The van der Waals surface area contributed by atoms with E-state index in [-0.39, 0.29) is 5.97 Å². The number of carbonyl (C=O) groups excluding carboxylic acids is 1. The third-order valence-electron chi connectivity index (χ3n) is 4.68. The van der Waals surface area contributed by atoms with Gasteiger partial charge >= 0.3 is 5.97 Å². The maximum Gasteiger partial charge on any atom is 0.313 e. The van der Waals surface area contributed by atoms with Crippen molar-refractivity contribution in [3.8, 4) is 0 Å². The Morgan fingerprint density at radius 2 is 2.21 bits per heavy atom. The zero-order valence-corrected chi connectivity index (χ0v) is 15.9. The maximum absolute atomic E-state index is 12.1. The Bertz CT molecular complexity index is 771. The molecule has 0 aliphatic carbocycles. The summed E-state index contributed by atoms with van der Waals surface area (Å²) >= 11 is 1.68. The van der Waals surface area contributed by atoms with E-state index in [4.69, 9.17) is 9.72 Å². The Kier molecular flexibility index (Phi) is 4.51. The molecule has 5 nitrogen and oxygen atoms in total. The van der Waals surface area contributed by atoms with Crippen LogP contribution >= 0.6 is 11.3 Å². The normalized spacial score (nSPS) is 21.0. The molecule has 0 N–H and O–H groups in total. The Labute approximate surface area is 147 Å².